The largest absolute Gasteiger partial charge is 0.383 e. The maximum absolute atomic E-state index is 14.0. The van der Waals surface area contributed by atoms with Crippen molar-refractivity contribution < 1.29 is 9.53 Å². The van der Waals surface area contributed by atoms with Crippen LogP contribution in [0.15, 0.2) is 95.8 Å². The van der Waals surface area contributed by atoms with Gasteiger partial charge in [-0.2, -0.15) is 0 Å². The third-order valence-electron chi connectivity index (χ3n) is 7.29. The molecule has 1 unspecified atom stereocenters. The lowest BCUT2D eigenvalue weighted by atomic mass is 10.1. The zero-order valence-electron chi connectivity index (χ0n) is 23.1. The number of hydrogen-bond acceptors (Lipinski definition) is 4. The summed E-state index contributed by atoms with van der Waals surface area (Å²) in [6, 6.07) is 28.3. The maximum atomic E-state index is 14.0. The number of nitrogens with one attached hydrogen (secondary N) is 1. The molecule has 1 heterocycles. The van der Waals surface area contributed by atoms with Crippen molar-refractivity contribution in [2.75, 3.05) is 25.6 Å². The summed E-state index contributed by atoms with van der Waals surface area (Å²) in [4.78, 5) is 34.6. The van der Waals surface area contributed by atoms with Crippen LogP contribution in [0, 0.1) is 0 Å². The number of carbonyl (C=O) groups is 1. The molecule has 0 saturated heterocycles. The number of anilines is 1. The highest BCUT2D eigenvalue weighted by Gasteiger charge is 2.29. The van der Waals surface area contributed by atoms with E-state index in [4.69, 9.17) is 9.72 Å². The molecule has 2 amide bonds. The van der Waals surface area contributed by atoms with Gasteiger partial charge in [0.25, 0.3) is 5.56 Å². The first-order valence-corrected chi connectivity index (χ1v) is 13.7. The van der Waals surface area contributed by atoms with Gasteiger partial charge in [-0.25, -0.2) is 9.78 Å². The second-order valence-corrected chi connectivity index (χ2v) is 9.71. The van der Waals surface area contributed by atoms with Crippen LogP contribution in [0.25, 0.3) is 27.4 Å². The number of ether oxygens (including phenoxy) is 1. The summed E-state index contributed by atoms with van der Waals surface area (Å²) in [5, 5.41) is 5.64. The molecule has 5 rings (SSSR count). The number of amides is 2. The van der Waals surface area contributed by atoms with Crippen LogP contribution >= 0.6 is 0 Å². The molecule has 0 aliphatic rings. The number of carbonyl (C=O) groups excluding carboxylic acids is 1. The summed E-state index contributed by atoms with van der Waals surface area (Å²) in [5.41, 5.74) is 3.05. The minimum absolute atomic E-state index is 0.163. The van der Waals surface area contributed by atoms with Gasteiger partial charge in [-0.05, 0) is 54.1 Å². The monoisotopic (exact) mass is 534 g/mol. The van der Waals surface area contributed by atoms with Crippen LogP contribution < -0.4 is 10.9 Å². The van der Waals surface area contributed by atoms with E-state index >= 15 is 0 Å². The van der Waals surface area contributed by atoms with Gasteiger partial charge in [-0.1, -0.05) is 74.5 Å². The Kier molecular flexibility index (Phi) is 8.22. The SMILES string of the molecule is CCc1ccc(-n2c(C(CC)N(CCOC)C(=O)Nc3cccc4ccccc34)nc3ccccc3c2=O)cc1. The fourth-order valence-electron chi connectivity index (χ4n) is 5.16. The molecule has 4 aromatic carbocycles. The molecule has 40 heavy (non-hydrogen) atoms. The molecular formula is C33H34N4O3. The van der Waals surface area contributed by atoms with Crippen LogP contribution in [-0.2, 0) is 11.2 Å². The summed E-state index contributed by atoms with van der Waals surface area (Å²) >= 11 is 0. The van der Waals surface area contributed by atoms with Gasteiger partial charge in [0.05, 0.1) is 34.9 Å². The fourth-order valence-corrected chi connectivity index (χ4v) is 5.16. The summed E-state index contributed by atoms with van der Waals surface area (Å²) in [6.45, 7) is 4.76. The van der Waals surface area contributed by atoms with Crippen LogP contribution in [-0.4, -0.2) is 40.7 Å². The lowest BCUT2D eigenvalue weighted by molar-refractivity contribution is 0.131. The Morgan fingerprint density at radius 3 is 2.35 bits per heavy atom. The standard InChI is InChI=1S/C33H34N4O3/c1-4-23-17-19-25(20-18-23)37-31(34-29-15-9-8-14-27(29)32(37)38)30(5-2)36(21-22-40-3)33(39)35-28-16-10-12-24-11-6-7-13-26(24)28/h6-20,30H,4-5,21-22H2,1-3H3,(H,35,39). The zero-order valence-corrected chi connectivity index (χ0v) is 23.1. The molecule has 0 saturated carbocycles. The summed E-state index contributed by atoms with van der Waals surface area (Å²) in [6.07, 6.45) is 1.44. The molecule has 7 nitrogen and oxygen atoms in total. The average Bonchev–Trinajstić information content (AvgIpc) is 2.99. The third kappa shape index (κ3) is 5.33. The normalized spacial score (nSPS) is 12.0. The molecule has 1 atom stereocenters. The van der Waals surface area contributed by atoms with Crippen molar-refractivity contribution in [1.29, 1.82) is 0 Å². The van der Waals surface area contributed by atoms with Crippen LogP contribution in [0.2, 0.25) is 0 Å². The molecule has 0 aliphatic carbocycles. The molecule has 204 valence electrons. The van der Waals surface area contributed by atoms with E-state index < -0.39 is 6.04 Å². The summed E-state index contributed by atoms with van der Waals surface area (Å²) in [7, 11) is 1.61. The summed E-state index contributed by atoms with van der Waals surface area (Å²) < 4.78 is 7.05. The highest BCUT2D eigenvalue weighted by Crippen LogP contribution is 2.28. The van der Waals surface area contributed by atoms with E-state index in [1.165, 1.54) is 5.56 Å². The Morgan fingerprint density at radius 1 is 0.925 bits per heavy atom. The minimum Gasteiger partial charge on any atom is -0.383 e. The van der Waals surface area contributed by atoms with Crippen molar-refractivity contribution in [2.45, 2.75) is 32.7 Å². The molecule has 0 radical (unpaired) electrons. The van der Waals surface area contributed by atoms with Gasteiger partial charge in [0, 0.05) is 19.0 Å². The number of rotatable bonds is 9. The predicted octanol–water partition coefficient (Wildman–Crippen LogP) is 6.73. The molecule has 1 aromatic heterocycles. The van der Waals surface area contributed by atoms with Gasteiger partial charge in [0.15, 0.2) is 0 Å². The van der Waals surface area contributed by atoms with Crippen molar-refractivity contribution in [3.8, 4) is 5.69 Å². The Morgan fingerprint density at radius 2 is 1.62 bits per heavy atom. The zero-order chi connectivity index (χ0) is 28.1. The van der Waals surface area contributed by atoms with Crippen LogP contribution in [0.4, 0.5) is 10.5 Å². The van der Waals surface area contributed by atoms with E-state index in [0.29, 0.717) is 36.3 Å². The van der Waals surface area contributed by atoms with Crippen LogP contribution in [0.1, 0.15) is 37.7 Å². The van der Waals surface area contributed by atoms with E-state index in [1.807, 2.05) is 91.9 Å². The fraction of sp³-hybridized carbons (Fsp3) is 0.242. The Balaban J connectivity index is 1.63. The number of fused-ring (bicyclic) bond motifs is 2. The Bertz CT molecular complexity index is 1690. The third-order valence-corrected chi connectivity index (χ3v) is 7.29. The van der Waals surface area contributed by atoms with Crippen molar-refractivity contribution in [3.05, 3.63) is 113 Å². The average molecular weight is 535 g/mol. The van der Waals surface area contributed by atoms with Crippen molar-refractivity contribution in [1.82, 2.24) is 14.5 Å². The van der Waals surface area contributed by atoms with Gasteiger partial charge >= 0.3 is 6.03 Å². The molecule has 7 heteroatoms. The topological polar surface area (TPSA) is 76.5 Å². The van der Waals surface area contributed by atoms with Gasteiger partial charge in [0.2, 0.25) is 0 Å². The molecular weight excluding hydrogens is 500 g/mol. The number of aromatic nitrogens is 2. The second-order valence-electron chi connectivity index (χ2n) is 9.71. The van der Waals surface area contributed by atoms with E-state index in [-0.39, 0.29) is 11.6 Å². The highest BCUT2D eigenvalue weighted by molar-refractivity contribution is 6.01. The Hall–Kier alpha value is -4.49. The van der Waals surface area contributed by atoms with Crippen molar-refractivity contribution >= 4 is 33.4 Å². The quantitative estimate of drug-likeness (QED) is 0.227. The lowest BCUT2D eigenvalue weighted by Gasteiger charge is -2.32. The first-order valence-electron chi connectivity index (χ1n) is 13.7. The first kappa shape index (κ1) is 27.1. The molecule has 0 bridgehead atoms. The molecule has 0 aliphatic heterocycles. The number of hydrogen-bond donors (Lipinski definition) is 1. The Labute approximate surface area is 234 Å². The first-order chi connectivity index (χ1) is 19.5. The highest BCUT2D eigenvalue weighted by atomic mass is 16.5. The van der Waals surface area contributed by atoms with Gasteiger partial charge in [-0.15, -0.1) is 0 Å². The minimum atomic E-state index is -0.492. The van der Waals surface area contributed by atoms with Crippen molar-refractivity contribution in [2.24, 2.45) is 0 Å². The predicted molar refractivity (Wildman–Crippen MR) is 161 cm³/mol. The van der Waals surface area contributed by atoms with E-state index in [1.54, 1.807) is 22.6 Å². The number of nitrogens with zero attached hydrogens (tertiary/aromatic N) is 3. The number of benzene rings is 4. The second kappa shape index (κ2) is 12.1. The lowest BCUT2D eigenvalue weighted by Crippen LogP contribution is -2.42. The smallest absolute Gasteiger partial charge is 0.322 e. The van der Waals surface area contributed by atoms with Gasteiger partial charge in [0.1, 0.15) is 5.82 Å². The molecule has 0 spiro atoms. The van der Waals surface area contributed by atoms with E-state index in [2.05, 4.69) is 12.2 Å². The van der Waals surface area contributed by atoms with Gasteiger partial charge in [-0.3, -0.25) is 9.36 Å². The number of para-hydroxylation sites is 1. The number of urea groups is 1. The molecule has 5 aromatic rings. The number of methoxy groups -OCH3 is 1. The molecule has 1 N–H and O–H groups in total. The van der Waals surface area contributed by atoms with Gasteiger partial charge < -0.3 is 15.0 Å². The van der Waals surface area contributed by atoms with Crippen LogP contribution in [0.3, 0.4) is 0 Å². The van der Waals surface area contributed by atoms with Crippen molar-refractivity contribution in [3.63, 3.8) is 0 Å². The summed E-state index contributed by atoms with van der Waals surface area (Å²) in [5.74, 6) is 0.514. The van der Waals surface area contributed by atoms with E-state index in [0.717, 1.165) is 28.6 Å². The maximum Gasteiger partial charge on any atom is 0.322 e. The number of aryl methyl sites for hydroxylation is 1. The van der Waals surface area contributed by atoms with E-state index in [9.17, 15) is 9.59 Å². The van der Waals surface area contributed by atoms with Crippen LogP contribution in [0.5, 0.6) is 0 Å². The molecule has 0 fully saturated rings.